The summed E-state index contributed by atoms with van der Waals surface area (Å²) in [4.78, 5) is 24.4. The maximum Gasteiger partial charge on any atom is 0.305 e. The van der Waals surface area contributed by atoms with Gasteiger partial charge >= 0.3 is 5.97 Å². The highest BCUT2D eigenvalue weighted by Crippen LogP contribution is 2.29. The van der Waals surface area contributed by atoms with E-state index in [0.717, 1.165) is 4.68 Å². The molecular formula is C23H22Cl2FN3O5. The molecule has 0 bridgehead atoms. The second-order valence-electron chi connectivity index (χ2n) is 8.12. The fourth-order valence-electron chi connectivity index (χ4n) is 3.05. The quantitative estimate of drug-likeness (QED) is 0.393. The van der Waals surface area contributed by atoms with Crippen LogP contribution in [0.25, 0.3) is 5.69 Å². The van der Waals surface area contributed by atoms with Gasteiger partial charge in [0, 0.05) is 16.1 Å². The van der Waals surface area contributed by atoms with Crippen LogP contribution in [0.5, 0.6) is 5.88 Å². The van der Waals surface area contributed by atoms with Crippen LogP contribution in [0.1, 0.15) is 42.4 Å². The lowest BCUT2D eigenvalue weighted by Crippen LogP contribution is -2.30. The Labute approximate surface area is 204 Å². The number of nitrogens with zero attached hydrogens (tertiary/aromatic N) is 2. The second-order valence-corrected chi connectivity index (χ2v) is 8.97. The van der Waals surface area contributed by atoms with Crippen LogP contribution < -0.4 is 10.1 Å². The number of para-hydroxylation sites is 1. The molecule has 1 atom stereocenters. The molecule has 8 nitrogen and oxygen atoms in total. The normalized spacial score (nSPS) is 12.3. The van der Waals surface area contributed by atoms with E-state index in [1.807, 2.05) is 0 Å². The van der Waals surface area contributed by atoms with Crippen molar-refractivity contribution in [2.45, 2.75) is 31.9 Å². The number of ether oxygens (including phenoxy) is 1. The molecule has 11 heteroatoms. The number of amides is 1. The molecule has 0 spiro atoms. The molecule has 1 unspecified atom stereocenters. The predicted molar refractivity (Wildman–Crippen MR) is 124 cm³/mol. The molecule has 3 rings (SSSR count). The molecule has 0 radical (unpaired) electrons. The summed E-state index contributed by atoms with van der Waals surface area (Å²) < 4.78 is 21.1. The smallest absolute Gasteiger partial charge is 0.305 e. The predicted octanol–water partition coefficient (Wildman–Crippen LogP) is 4.41. The Balaban J connectivity index is 1.96. The van der Waals surface area contributed by atoms with Gasteiger partial charge in [-0.2, -0.15) is 9.78 Å². The van der Waals surface area contributed by atoms with E-state index in [1.165, 1.54) is 56.3 Å². The summed E-state index contributed by atoms with van der Waals surface area (Å²) in [7, 11) is 0. The lowest BCUT2D eigenvalue weighted by atomic mass is 10.0. The molecule has 0 aliphatic carbocycles. The van der Waals surface area contributed by atoms with Crippen molar-refractivity contribution in [3.05, 3.63) is 75.7 Å². The average molecular weight is 510 g/mol. The van der Waals surface area contributed by atoms with Gasteiger partial charge in [0.05, 0.1) is 18.1 Å². The topological polar surface area (TPSA) is 114 Å². The number of carbonyl (C=O) groups is 2. The third kappa shape index (κ3) is 6.47. The maximum absolute atomic E-state index is 14.4. The van der Waals surface area contributed by atoms with Crippen LogP contribution in [0.15, 0.2) is 48.5 Å². The standard InChI is InChI=1S/C23H22Cl2FN3O5/c1-23(2,33)12-34-20-10-18(28-29(20)19-6-4-3-5-16(19)26)22(32)27-17(11-21(30)31)14-8-7-13(24)9-15(14)25/h3-10,17,33H,11-12H2,1-2H3,(H,27,32)(H,30,31). The minimum Gasteiger partial charge on any atom is -0.481 e. The van der Waals surface area contributed by atoms with E-state index in [0.29, 0.717) is 10.6 Å². The zero-order chi connectivity index (χ0) is 25.0. The summed E-state index contributed by atoms with van der Waals surface area (Å²) in [5.74, 6) is -2.50. The summed E-state index contributed by atoms with van der Waals surface area (Å²) >= 11 is 12.1. The Bertz CT molecular complexity index is 1210. The zero-order valence-electron chi connectivity index (χ0n) is 18.3. The molecule has 2 aromatic carbocycles. The largest absolute Gasteiger partial charge is 0.481 e. The van der Waals surface area contributed by atoms with Crippen molar-refractivity contribution in [3.8, 4) is 11.6 Å². The van der Waals surface area contributed by atoms with Gasteiger partial charge in [-0.25, -0.2) is 4.39 Å². The van der Waals surface area contributed by atoms with Crippen molar-refractivity contribution in [2.24, 2.45) is 0 Å². The van der Waals surface area contributed by atoms with E-state index >= 15 is 0 Å². The average Bonchev–Trinajstić information content (AvgIpc) is 3.15. The molecule has 1 heterocycles. The van der Waals surface area contributed by atoms with Crippen molar-refractivity contribution in [1.29, 1.82) is 0 Å². The number of aliphatic hydroxyl groups is 1. The van der Waals surface area contributed by atoms with Gasteiger partial charge in [-0.15, -0.1) is 0 Å². The van der Waals surface area contributed by atoms with Crippen molar-refractivity contribution in [1.82, 2.24) is 15.1 Å². The van der Waals surface area contributed by atoms with Crippen molar-refractivity contribution >= 4 is 35.1 Å². The number of hydrogen-bond donors (Lipinski definition) is 3. The SMILES string of the molecule is CC(C)(O)COc1cc(C(=O)NC(CC(=O)O)c2ccc(Cl)cc2Cl)nn1-c1ccccc1F. The Morgan fingerprint density at radius 1 is 1.21 bits per heavy atom. The maximum atomic E-state index is 14.4. The number of rotatable bonds is 9. The number of nitrogens with one attached hydrogen (secondary N) is 1. The Hall–Kier alpha value is -3.14. The van der Waals surface area contributed by atoms with Gasteiger partial charge in [0.25, 0.3) is 5.91 Å². The van der Waals surface area contributed by atoms with Gasteiger partial charge in [-0.1, -0.05) is 41.4 Å². The zero-order valence-corrected chi connectivity index (χ0v) is 19.8. The number of halogens is 3. The third-order valence-corrected chi connectivity index (χ3v) is 5.15. The van der Waals surface area contributed by atoms with Gasteiger partial charge in [-0.3, -0.25) is 9.59 Å². The van der Waals surface area contributed by atoms with Crippen LogP contribution >= 0.6 is 23.2 Å². The number of carboxylic acid groups (broad SMARTS) is 1. The fourth-order valence-corrected chi connectivity index (χ4v) is 3.59. The van der Waals surface area contributed by atoms with Gasteiger partial charge < -0.3 is 20.3 Å². The minimum atomic E-state index is -1.20. The van der Waals surface area contributed by atoms with E-state index < -0.39 is 35.8 Å². The van der Waals surface area contributed by atoms with Gasteiger partial charge in [0.1, 0.15) is 18.1 Å². The van der Waals surface area contributed by atoms with Crippen LogP contribution in [-0.4, -0.2) is 44.1 Å². The fraction of sp³-hybridized carbons (Fsp3) is 0.261. The van der Waals surface area contributed by atoms with Crippen molar-refractivity contribution in [3.63, 3.8) is 0 Å². The summed E-state index contributed by atoms with van der Waals surface area (Å²) in [5, 5.41) is 26.6. The molecule has 0 fully saturated rings. The number of carboxylic acids is 1. The highest BCUT2D eigenvalue weighted by molar-refractivity contribution is 6.35. The molecule has 1 aromatic heterocycles. The van der Waals surface area contributed by atoms with Gasteiger partial charge in [0.15, 0.2) is 5.69 Å². The third-order valence-electron chi connectivity index (χ3n) is 4.59. The molecule has 0 saturated carbocycles. The number of hydrogen-bond acceptors (Lipinski definition) is 5. The molecule has 0 aliphatic heterocycles. The first kappa shape index (κ1) is 25.5. The summed E-state index contributed by atoms with van der Waals surface area (Å²) in [6, 6.07) is 10.5. The van der Waals surface area contributed by atoms with Crippen molar-refractivity contribution in [2.75, 3.05) is 6.61 Å². The number of benzene rings is 2. The van der Waals surface area contributed by atoms with E-state index in [9.17, 15) is 24.2 Å². The molecule has 1 amide bonds. The van der Waals surface area contributed by atoms with Gasteiger partial charge in [-0.05, 0) is 43.7 Å². The number of carbonyl (C=O) groups excluding carboxylic acids is 1. The highest BCUT2D eigenvalue weighted by atomic mass is 35.5. The Morgan fingerprint density at radius 3 is 2.53 bits per heavy atom. The minimum absolute atomic E-state index is 0.0108. The number of aliphatic carboxylic acids is 1. The Morgan fingerprint density at radius 2 is 1.91 bits per heavy atom. The van der Waals surface area contributed by atoms with E-state index in [2.05, 4.69) is 10.4 Å². The summed E-state index contributed by atoms with van der Waals surface area (Å²) in [5.41, 5.74) is -0.983. The molecule has 0 saturated heterocycles. The van der Waals surface area contributed by atoms with E-state index in [1.54, 1.807) is 6.07 Å². The summed E-state index contributed by atoms with van der Waals surface area (Å²) in [6.45, 7) is 2.89. The molecule has 0 aliphatic rings. The van der Waals surface area contributed by atoms with Crippen molar-refractivity contribution < 1.29 is 28.9 Å². The van der Waals surface area contributed by atoms with Crippen LogP contribution in [0, 0.1) is 5.82 Å². The van der Waals surface area contributed by atoms with Crippen LogP contribution in [-0.2, 0) is 4.79 Å². The second kappa shape index (κ2) is 10.4. The van der Waals surface area contributed by atoms with E-state index in [-0.39, 0.29) is 28.9 Å². The van der Waals surface area contributed by atoms with Crippen LogP contribution in [0.2, 0.25) is 10.0 Å². The first-order chi connectivity index (χ1) is 15.9. The number of aromatic nitrogens is 2. The molecular weight excluding hydrogens is 488 g/mol. The lowest BCUT2D eigenvalue weighted by molar-refractivity contribution is -0.137. The molecule has 34 heavy (non-hydrogen) atoms. The van der Waals surface area contributed by atoms with Gasteiger partial charge in [0.2, 0.25) is 5.88 Å². The molecule has 3 aromatic rings. The molecule has 3 N–H and O–H groups in total. The lowest BCUT2D eigenvalue weighted by Gasteiger charge is -2.18. The van der Waals surface area contributed by atoms with Crippen LogP contribution in [0.3, 0.4) is 0 Å². The van der Waals surface area contributed by atoms with E-state index in [4.69, 9.17) is 27.9 Å². The first-order valence-corrected chi connectivity index (χ1v) is 10.9. The highest BCUT2D eigenvalue weighted by Gasteiger charge is 2.25. The summed E-state index contributed by atoms with van der Waals surface area (Å²) in [6.07, 6.45) is -0.455. The van der Waals surface area contributed by atoms with Crippen LogP contribution in [0.4, 0.5) is 4.39 Å². The molecule has 180 valence electrons. The Kier molecular flexibility index (Phi) is 7.81. The monoisotopic (exact) mass is 509 g/mol. The first-order valence-electron chi connectivity index (χ1n) is 10.1.